The van der Waals surface area contributed by atoms with Crippen LogP contribution in [0, 0.1) is 0 Å². The number of nitrogens with zero attached hydrogens (tertiary/aromatic N) is 3. The molecule has 0 saturated carbocycles. The third kappa shape index (κ3) is 3.74. The van der Waals surface area contributed by atoms with Gasteiger partial charge in [0.1, 0.15) is 0 Å². The highest BCUT2D eigenvalue weighted by atomic mass is 19.4. The fraction of sp³-hybridized carbons (Fsp3) is 0.438. The van der Waals surface area contributed by atoms with E-state index in [1.165, 1.54) is 0 Å². The number of H-pyrrole nitrogens is 1. The maximum Gasteiger partial charge on any atom is 0.435 e. The summed E-state index contributed by atoms with van der Waals surface area (Å²) in [4.78, 5) is 18.1. The van der Waals surface area contributed by atoms with Gasteiger partial charge in [0, 0.05) is 37.1 Å². The molecule has 0 aromatic carbocycles. The van der Waals surface area contributed by atoms with E-state index >= 15 is 0 Å². The van der Waals surface area contributed by atoms with Crippen molar-refractivity contribution in [2.75, 3.05) is 13.1 Å². The first kappa shape index (κ1) is 16.5. The van der Waals surface area contributed by atoms with E-state index in [4.69, 9.17) is 0 Å². The van der Waals surface area contributed by atoms with E-state index in [2.05, 4.69) is 15.2 Å². The second kappa shape index (κ2) is 6.62. The van der Waals surface area contributed by atoms with Gasteiger partial charge < -0.3 is 4.90 Å². The van der Waals surface area contributed by atoms with Gasteiger partial charge in [-0.1, -0.05) is 6.07 Å². The number of aromatic amines is 1. The van der Waals surface area contributed by atoms with Crippen LogP contribution in [0.1, 0.15) is 35.7 Å². The molecule has 1 saturated heterocycles. The Morgan fingerprint density at radius 3 is 2.92 bits per heavy atom. The van der Waals surface area contributed by atoms with Crippen molar-refractivity contribution >= 4 is 5.91 Å². The van der Waals surface area contributed by atoms with Crippen LogP contribution in [0.5, 0.6) is 0 Å². The van der Waals surface area contributed by atoms with Gasteiger partial charge in [-0.05, 0) is 30.5 Å². The number of hydrogen-bond acceptors (Lipinski definition) is 3. The first-order valence-corrected chi connectivity index (χ1v) is 7.72. The van der Waals surface area contributed by atoms with Gasteiger partial charge in [-0.15, -0.1) is 0 Å². The monoisotopic (exact) mass is 338 g/mol. The normalized spacial score (nSPS) is 18.6. The highest BCUT2D eigenvalue weighted by molar-refractivity contribution is 5.78. The van der Waals surface area contributed by atoms with Crippen LogP contribution >= 0.6 is 0 Å². The lowest BCUT2D eigenvalue weighted by Gasteiger charge is -2.32. The molecule has 1 N–H and O–H groups in total. The van der Waals surface area contributed by atoms with Gasteiger partial charge in [0.05, 0.1) is 6.42 Å². The smallest absolute Gasteiger partial charge is 0.342 e. The second-order valence-corrected chi connectivity index (χ2v) is 5.92. The Kier molecular flexibility index (Phi) is 4.55. The second-order valence-electron chi connectivity index (χ2n) is 5.92. The first-order valence-electron chi connectivity index (χ1n) is 7.72. The maximum atomic E-state index is 12.7. The van der Waals surface area contributed by atoms with Crippen molar-refractivity contribution < 1.29 is 18.0 Å². The minimum Gasteiger partial charge on any atom is -0.342 e. The van der Waals surface area contributed by atoms with Crippen LogP contribution in [0.3, 0.4) is 0 Å². The Bertz CT molecular complexity index is 699. The molecule has 1 amide bonds. The molecule has 24 heavy (non-hydrogen) atoms. The van der Waals surface area contributed by atoms with E-state index in [0.717, 1.165) is 24.5 Å². The highest BCUT2D eigenvalue weighted by Crippen LogP contribution is 2.32. The molecule has 2 aromatic rings. The lowest BCUT2D eigenvalue weighted by atomic mass is 9.94. The molecule has 2 aromatic heterocycles. The van der Waals surface area contributed by atoms with E-state index in [0.29, 0.717) is 18.8 Å². The molecule has 3 heterocycles. The number of pyridine rings is 1. The molecule has 8 heteroatoms. The summed E-state index contributed by atoms with van der Waals surface area (Å²) >= 11 is 0. The van der Waals surface area contributed by atoms with Gasteiger partial charge in [0.15, 0.2) is 5.69 Å². The van der Waals surface area contributed by atoms with Gasteiger partial charge in [0.2, 0.25) is 5.91 Å². The summed E-state index contributed by atoms with van der Waals surface area (Å²) in [7, 11) is 0. The van der Waals surface area contributed by atoms with Crippen molar-refractivity contribution in [2.45, 2.75) is 31.4 Å². The van der Waals surface area contributed by atoms with Gasteiger partial charge in [-0.2, -0.15) is 18.3 Å². The first-order chi connectivity index (χ1) is 11.4. The number of nitrogens with one attached hydrogen (secondary N) is 1. The average molecular weight is 338 g/mol. The molecule has 0 radical (unpaired) electrons. The van der Waals surface area contributed by atoms with Gasteiger partial charge >= 0.3 is 6.18 Å². The number of rotatable bonds is 3. The quantitative estimate of drug-likeness (QED) is 0.936. The average Bonchev–Trinajstić information content (AvgIpc) is 3.06. The number of likely N-dealkylation sites (tertiary alicyclic amines) is 1. The van der Waals surface area contributed by atoms with Crippen molar-refractivity contribution in [1.29, 1.82) is 0 Å². The Morgan fingerprint density at radius 1 is 1.42 bits per heavy atom. The molecule has 5 nitrogen and oxygen atoms in total. The van der Waals surface area contributed by atoms with Crippen LogP contribution in [0.4, 0.5) is 13.2 Å². The molecular formula is C16H17F3N4O. The molecular weight excluding hydrogens is 321 g/mol. The van der Waals surface area contributed by atoms with Crippen molar-refractivity contribution in [3.63, 3.8) is 0 Å². The van der Waals surface area contributed by atoms with Gasteiger partial charge in [-0.3, -0.25) is 14.9 Å². The third-order valence-corrected chi connectivity index (χ3v) is 4.18. The number of hydrogen-bond donors (Lipinski definition) is 1. The number of aromatic nitrogens is 3. The minimum absolute atomic E-state index is 0.0386. The number of amides is 1. The van der Waals surface area contributed by atoms with Crippen molar-refractivity contribution in [3.05, 3.63) is 47.5 Å². The van der Waals surface area contributed by atoms with Crippen LogP contribution in [0.25, 0.3) is 0 Å². The fourth-order valence-electron chi connectivity index (χ4n) is 2.94. The van der Waals surface area contributed by atoms with Crippen LogP contribution < -0.4 is 0 Å². The summed E-state index contributed by atoms with van der Waals surface area (Å²) in [5.41, 5.74) is 0.336. The van der Waals surface area contributed by atoms with E-state index < -0.39 is 11.9 Å². The SMILES string of the molecule is O=C(Cc1cccnc1)N1CCC[C@@H](c2cc(C(F)(F)F)n[nH]2)C1. The fourth-order valence-corrected chi connectivity index (χ4v) is 2.94. The zero-order chi connectivity index (χ0) is 17.2. The summed E-state index contributed by atoms with van der Waals surface area (Å²) in [5.74, 6) is -0.191. The van der Waals surface area contributed by atoms with Crippen molar-refractivity contribution in [3.8, 4) is 0 Å². The number of alkyl halides is 3. The van der Waals surface area contributed by atoms with E-state index in [-0.39, 0.29) is 18.2 Å². The lowest BCUT2D eigenvalue weighted by Crippen LogP contribution is -2.40. The topological polar surface area (TPSA) is 61.9 Å². The summed E-state index contributed by atoms with van der Waals surface area (Å²) in [6.07, 6.45) is 0.557. The zero-order valence-corrected chi connectivity index (χ0v) is 12.9. The number of piperidine rings is 1. The molecule has 0 unspecified atom stereocenters. The summed E-state index contributed by atoms with van der Waals surface area (Å²) in [6.45, 7) is 1.02. The largest absolute Gasteiger partial charge is 0.435 e. The van der Waals surface area contributed by atoms with Crippen LogP contribution in [0.2, 0.25) is 0 Å². The molecule has 0 spiro atoms. The Labute approximate surface area is 136 Å². The Balaban J connectivity index is 1.66. The standard InChI is InChI=1S/C16H17F3N4O/c17-16(18,19)14-8-13(21-22-14)12-4-2-6-23(10-12)15(24)7-11-3-1-5-20-9-11/h1,3,5,8-9,12H,2,4,6-7,10H2,(H,21,22)/t12-/m1/s1. The van der Waals surface area contributed by atoms with E-state index in [9.17, 15) is 18.0 Å². The van der Waals surface area contributed by atoms with Gasteiger partial charge in [0.25, 0.3) is 0 Å². The molecule has 1 aliphatic heterocycles. The maximum absolute atomic E-state index is 12.7. The van der Waals surface area contributed by atoms with Crippen molar-refractivity contribution in [2.24, 2.45) is 0 Å². The van der Waals surface area contributed by atoms with E-state index in [1.54, 1.807) is 23.4 Å². The summed E-state index contributed by atoms with van der Waals surface area (Å²) in [5, 5.41) is 5.81. The Morgan fingerprint density at radius 2 is 2.25 bits per heavy atom. The number of halogens is 3. The predicted molar refractivity (Wildman–Crippen MR) is 80.1 cm³/mol. The van der Waals surface area contributed by atoms with Gasteiger partial charge in [-0.25, -0.2) is 0 Å². The van der Waals surface area contributed by atoms with E-state index in [1.807, 2.05) is 6.07 Å². The van der Waals surface area contributed by atoms with Crippen molar-refractivity contribution in [1.82, 2.24) is 20.1 Å². The minimum atomic E-state index is -4.46. The van der Waals surface area contributed by atoms with Crippen LogP contribution in [0.15, 0.2) is 30.6 Å². The lowest BCUT2D eigenvalue weighted by molar-refractivity contribution is -0.141. The third-order valence-electron chi connectivity index (χ3n) is 4.18. The van der Waals surface area contributed by atoms with Crippen LogP contribution in [-0.4, -0.2) is 39.1 Å². The predicted octanol–water partition coefficient (Wildman–Crippen LogP) is 2.77. The molecule has 1 fully saturated rings. The molecule has 3 rings (SSSR count). The Hall–Kier alpha value is -2.38. The zero-order valence-electron chi connectivity index (χ0n) is 12.9. The summed E-state index contributed by atoms with van der Waals surface area (Å²) in [6, 6.07) is 4.64. The molecule has 0 aliphatic carbocycles. The molecule has 0 bridgehead atoms. The molecule has 1 atom stereocenters. The summed E-state index contributed by atoms with van der Waals surface area (Å²) < 4.78 is 38.0. The molecule has 1 aliphatic rings. The highest BCUT2D eigenvalue weighted by Gasteiger charge is 2.35. The number of carbonyl (C=O) groups is 1. The van der Waals surface area contributed by atoms with Crippen LogP contribution in [-0.2, 0) is 17.4 Å². The molecule has 128 valence electrons. The number of carbonyl (C=O) groups excluding carboxylic acids is 1.